The van der Waals surface area contributed by atoms with Crippen molar-refractivity contribution in [3.05, 3.63) is 84.4 Å². The number of carbonyl (C=O) groups excluding carboxylic acids is 2. The standard InChI is InChI=1S/C26H27FN6O2/c1-18(2)12-14-29-26(35)25(19-7-6-13-28-16-19)33(21-9-5-8-20(27)15-21)24(34)17-32-23-11-4-3-10-22(23)30-31-32/h3-11,13,15-16,18,25H,12,14,17H2,1-2H3,(H,29,35)/t25-/m1/s1. The van der Waals surface area contributed by atoms with Crippen LogP contribution in [0, 0.1) is 11.7 Å². The van der Waals surface area contributed by atoms with Crippen molar-refractivity contribution in [3.63, 3.8) is 0 Å². The predicted molar refractivity (Wildman–Crippen MR) is 131 cm³/mol. The van der Waals surface area contributed by atoms with Crippen LogP contribution in [0.15, 0.2) is 73.1 Å². The molecule has 9 heteroatoms. The summed E-state index contributed by atoms with van der Waals surface area (Å²) in [5.41, 5.74) is 2.09. The van der Waals surface area contributed by atoms with E-state index in [1.807, 2.05) is 18.2 Å². The molecule has 0 spiro atoms. The summed E-state index contributed by atoms with van der Waals surface area (Å²) in [7, 11) is 0. The number of hydrogen-bond acceptors (Lipinski definition) is 5. The first-order valence-corrected chi connectivity index (χ1v) is 11.5. The zero-order chi connectivity index (χ0) is 24.8. The number of nitrogens with one attached hydrogen (secondary N) is 1. The van der Waals surface area contributed by atoms with E-state index in [1.54, 1.807) is 30.5 Å². The summed E-state index contributed by atoms with van der Waals surface area (Å²) in [6.07, 6.45) is 3.91. The fourth-order valence-corrected chi connectivity index (χ4v) is 3.84. The molecule has 0 aliphatic heterocycles. The van der Waals surface area contributed by atoms with Crippen molar-refractivity contribution in [2.45, 2.75) is 32.9 Å². The lowest BCUT2D eigenvalue weighted by Gasteiger charge is -2.31. The number of anilines is 1. The second-order valence-corrected chi connectivity index (χ2v) is 8.64. The van der Waals surface area contributed by atoms with E-state index < -0.39 is 17.8 Å². The monoisotopic (exact) mass is 474 g/mol. The van der Waals surface area contributed by atoms with Crippen LogP contribution in [-0.2, 0) is 16.1 Å². The van der Waals surface area contributed by atoms with Crippen LogP contribution in [0.5, 0.6) is 0 Å². The van der Waals surface area contributed by atoms with Gasteiger partial charge in [0, 0.05) is 30.2 Å². The minimum absolute atomic E-state index is 0.187. The van der Waals surface area contributed by atoms with Crippen molar-refractivity contribution in [3.8, 4) is 0 Å². The summed E-state index contributed by atoms with van der Waals surface area (Å²) in [5.74, 6) is -0.941. The Kier molecular flexibility index (Phi) is 7.45. The Bertz CT molecular complexity index is 1310. The van der Waals surface area contributed by atoms with E-state index >= 15 is 0 Å². The molecule has 2 aromatic carbocycles. The number of aromatic nitrogens is 4. The molecule has 180 valence electrons. The molecule has 35 heavy (non-hydrogen) atoms. The van der Waals surface area contributed by atoms with Crippen molar-refractivity contribution >= 4 is 28.5 Å². The lowest BCUT2D eigenvalue weighted by Crippen LogP contribution is -2.45. The lowest BCUT2D eigenvalue weighted by molar-refractivity contribution is -0.127. The lowest BCUT2D eigenvalue weighted by atomic mass is 10.0. The van der Waals surface area contributed by atoms with Gasteiger partial charge in [0.2, 0.25) is 11.8 Å². The number of amides is 2. The zero-order valence-corrected chi connectivity index (χ0v) is 19.6. The fourth-order valence-electron chi connectivity index (χ4n) is 3.84. The Morgan fingerprint density at radius 2 is 1.91 bits per heavy atom. The van der Waals surface area contributed by atoms with E-state index in [0.29, 0.717) is 29.1 Å². The Morgan fingerprint density at radius 1 is 1.09 bits per heavy atom. The number of benzene rings is 2. The minimum atomic E-state index is -1.06. The molecule has 0 unspecified atom stereocenters. The van der Waals surface area contributed by atoms with E-state index in [2.05, 4.69) is 34.5 Å². The molecule has 2 amide bonds. The summed E-state index contributed by atoms with van der Waals surface area (Å²) >= 11 is 0. The van der Waals surface area contributed by atoms with Gasteiger partial charge in [0.15, 0.2) is 0 Å². The molecular formula is C26H27FN6O2. The number of pyridine rings is 1. The van der Waals surface area contributed by atoms with Gasteiger partial charge in [-0.1, -0.05) is 43.3 Å². The van der Waals surface area contributed by atoms with E-state index in [1.165, 1.54) is 34.0 Å². The first kappa shape index (κ1) is 24.0. The molecule has 4 rings (SSSR count). The summed E-state index contributed by atoms with van der Waals surface area (Å²) in [6.45, 7) is 4.39. The van der Waals surface area contributed by atoms with Gasteiger partial charge in [0.1, 0.15) is 23.9 Å². The molecule has 0 aliphatic carbocycles. The van der Waals surface area contributed by atoms with Gasteiger partial charge in [0.05, 0.1) is 5.52 Å². The number of hydrogen-bond donors (Lipinski definition) is 1. The van der Waals surface area contributed by atoms with Crippen LogP contribution >= 0.6 is 0 Å². The highest BCUT2D eigenvalue weighted by atomic mass is 19.1. The Labute approximate surface area is 202 Å². The summed E-state index contributed by atoms with van der Waals surface area (Å²) in [5, 5.41) is 11.1. The summed E-state index contributed by atoms with van der Waals surface area (Å²) in [6, 6.07) is 15.3. The highest BCUT2D eigenvalue weighted by Crippen LogP contribution is 2.29. The van der Waals surface area contributed by atoms with Gasteiger partial charge < -0.3 is 5.32 Å². The van der Waals surface area contributed by atoms with Crippen molar-refractivity contribution in [1.29, 1.82) is 0 Å². The maximum Gasteiger partial charge on any atom is 0.249 e. The normalized spacial score (nSPS) is 12.0. The third-order valence-corrected chi connectivity index (χ3v) is 5.59. The number of para-hydroxylation sites is 1. The summed E-state index contributed by atoms with van der Waals surface area (Å²) in [4.78, 5) is 32.7. The molecule has 8 nitrogen and oxygen atoms in total. The molecule has 1 N–H and O–H groups in total. The van der Waals surface area contributed by atoms with Crippen LogP contribution in [0.1, 0.15) is 31.9 Å². The molecule has 4 aromatic rings. The van der Waals surface area contributed by atoms with Gasteiger partial charge in [-0.15, -0.1) is 5.10 Å². The smallest absolute Gasteiger partial charge is 0.249 e. The fraction of sp³-hybridized carbons (Fsp3) is 0.269. The number of rotatable bonds is 9. The highest BCUT2D eigenvalue weighted by Gasteiger charge is 2.33. The first-order valence-electron chi connectivity index (χ1n) is 11.5. The third-order valence-electron chi connectivity index (χ3n) is 5.59. The van der Waals surface area contributed by atoms with E-state index in [9.17, 15) is 14.0 Å². The third kappa shape index (κ3) is 5.68. The topological polar surface area (TPSA) is 93.0 Å². The number of carbonyl (C=O) groups is 2. The SMILES string of the molecule is CC(C)CCNC(=O)[C@@H](c1cccnc1)N(C(=O)Cn1nnc2ccccc21)c1cccc(F)c1. The average molecular weight is 475 g/mol. The van der Waals surface area contributed by atoms with Gasteiger partial charge in [-0.05, 0) is 48.7 Å². The number of fused-ring (bicyclic) bond motifs is 1. The van der Waals surface area contributed by atoms with E-state index in [4.69, 9.17) is 0 Å². The van der Waals surface area contributed by atoms with Crippen LogP contribution in [0.3, 0.4) is 0 Å². The van der Waals surface area contributed by atoms with E-state index in [0.717, 1.165) is 6.42 Å². The van der Waals surface area contributed by atoms with E-state index in [-0.39, 0.29) is 18.1 Å². The Balaban J connectivity index is 1.74. The minimum Gasteiger partial charge on any atom is -0.354 e. The molecule has 0 saturated heterocycles. The second kappa shape index (κ2) is 10.9. The van der Waals surface area contributed by atoms with Crippen LogP contribution in [0.2, 0.25) is 0 Å². The molecule has 0 fully saturated rings. The quantitative estimate of drug-likeness (QED) is 0.397. The molecule has 2 heterocycles. The molecule has 0 bridgehead atoms. The van der Waals surface area contributed by atoms with Crippen LogP contribution in [0.25, 0.3) is 11.0 Å². The van der Waals surface area contributed by atoms with Gasteiger partial charge >= 0.3 is 0 Å². The molecule has 1 atom stereocenters. The largest absolute Gasteiger partial charge is 0.354 e. The highest BCUT2D eigenvalue weighted by molar-refractivity contribution is 6.01. The summed E-state index contributed by atoms with van der Waals surface area (Å²) < 4.78 is 15.7. The Morgan fingerprint density at radius 3 is 2.66 bits per heavy atom. The molecular weight excluding hydrogens is 447 g/mol. The van der Waals surface area contributed by atoms with Gasteiger partial charge in [-0.2, -0.15) is 0 Å². The maximum atomic E-state index is 14.3. The van der Waals surface area contributed by atoms with Crippen molar-refractivity contribution in [2.75, 3.05) is 11.4 Å². The van der Waals surface area contributed by atoms with Crippen molar-refractivity contribution in [1.82, 2.24) is 25.3 Å². The maximum absolute atomic E-state index is 14.3. The van der Waals surface area contributed by atoms with Gasteiger partial charge in [-0.3, -0.25) is 19.5 Å². The van der Waals surface area contributed by atoms with Gasteiger partial charge in [-0.25, -0.2) is 9.07 Å². The van der Waals surface area contributed by atoms with Crippen molar-refractivity contribution in [2.24, 2.45) is 5.92 Å². The average Bonchev–Trinajstić information content (AvgIpc) is 3.25. The van der Waals surface area contributed by atoms with Crippen molar-refractivity contribution < 1.29 is 14.0 Å². The first-order chi connectivity index (χ1) is 16.9. The number of nitrogens with zero attached hydrogens (tertiary/aromatic N) is 5. The van der Waals surface area contributed by atoms with Crippen LogP contribution < -0.4 is 10.2 Å². The molecule has 0 radical (unpaired) electrons. The Hall–Kier alpha value is -4.14. The second-order valence-electron chi connectivity index (χ2n) is 8.64. The number of halogens is 1. The van der Waals surface area contributed by atoms with Gasteiger partial charge in [0.25, 0.3) is 0 Å². The zero-order valence-electron chi connectivity index (χ0n) is 19.6. The molecule has 2 aromatic heterocycles. The molecule has 0 aliphatic rings. The predicted octanol–water partition coefficient (Wildman–Crippen LogP) is 3.90. The molecule has 0 saturated carbocycles. The van der Waals surface area contributed by atoms with Crippen LogP contribution in [0.4, 0.5) is 10.1 Å². The van der Waals surface area contributed by atoms with Crippen LogP contribution in [-0.4, -0.2) is 38.3 Å².